The maximum absolute atomic E-state index is 4.12. The van der Waals surface area contributed by atoms with Crippen molar-refractivity contribution in [2.24, 2.45) is 0 Å². The molecule has 0 radical (unpaired) electrons. The number of nitrogens with one attached hydrogen (secondary N) is 1. The van der Waals surface area contributed by atoms with E-state index in [1.54, 1.807) is 0 Å². The highest BCUT2D eigenvalue weighted by Gasteiger charge is 2.26. The Morgan fingerprint density at radius 1 is 1.31 bits per heavy atom. The van der Waals surface area contributed by atoms with Crippen LogP contribution in [-0.4, -0.2) is 26.2 Å². The van der Waals surface area contributed by atoms with Gasteiger partial charge in [0.15, 0.2) is 5.82 Å². The summed E-state index contributed by atoms with van der Waals surface area (Å²) in [5, 5.41) is 15.3. The third-order valence-corrected chi connectivity index (χ3v) is 3.24. The van der Waals surface area contributed by atoms with Crippen molar-refractivity contribution in [2.75, 3.05) is 0 Å². The predicted octanol–water partition coefficient (Wildman–Crippen LogP) is 1.71. The summed E-state index contributed by atoms with van der Waals surface area (Å²) < 4.78 is 1.96. The second-order valence-corrected chi connectivity index (χ2v) is 4.75. The summed E-state index contributed by atoms with van der Waals surface area (Å²) in [4.78, 5) is 0. The van der Waals surface area contributed by atoms with E-state index in [2.05, 4.69) is 55.5 Å². The zero-order valence-electron chi connectivity index (χ0n) is 11.0. The van der Waals surface area contributed by atoms with E-state index < -0.39 is 0 Å². The Kier molecular flexibility index (Phi) is 4.41. The molecule has 0 spiro atoms. The lowest BCUT2D eigenvalue weighted by molar-refractivity contribution is 0.248. The molecule has 1 rings (SSSR count). The van der Waals surface area contributed by atoms with Gasteiger partial charge in [0, 0.05) is 6.04 Å². The van der Waals surface area contributed by atoms with E-state index in [4.69, 9.17) is 0 Å². The predicted molar refractivity (Wildman–Crippen MR) is 64.0 cm³/mol. The molecule has 0 aliphatic rings. The molecule has 0 aliphatic carbocycles. The van der Waals surface area contributed by atoms with Crippen molar-refractivity contribution >= 4 is 0 Å². The number of aromatic nitrogens is 4. The molecule has 1 aromatic rings. The molecule has 1 heterocycles. The van der Waals surface area contributed by atoms with E-state index in [0.29, 0.717) is 6.04 Å². The summed E-state index contributed by atoms with van der Waals surface area (Å²) in [7, 11) is 0. The van der Waals surface area contributed by atoms with Gasteiger partial charge < -0.3 is 5.32 Å². The number of rotatable bonds is 6. The Hall–Kier alpha value is -0.970. The zero-order valence-corrected chi connectivity index (χ0v) is 11.0. The molecule has 16 heavy (non-hydrogen) atoms. The van der Waals surface area contributed by atoms with Crippen molar-refractivity contribution in [3.05, 3.63) is 5.82 Å². The minimum Gasteiger partial charge on any atom is -0.308 e. The van der Waals surface area contributed by atoms with Crippen LogP contribution >= 0.6 is 0 Å². The minimum absolute atomic E-state index is 0.0253. The first kappa shape index (κ1) is 13.1. The molecule has 92 valence electrons. The van der Waals surface area contributed by atoms with Gasteiger partial charge in [-0.25, -0.2) is 4.68 Å². The average Bonchev–Trinajstić information content (AvgIpc) is 2.74. The number of nitrogens with zero attached hydrogens (tertiary/aromatic N) is 4. The smallest absolute Gasteiger partial charge is 0.165 e. The van der Waals surface area contributed by atoms with Gasteiger partial charge in [-0.15, -0.1) is 5.10 Å². The van der Waals surface area contributed by atoms with E-state index in [9.17, 15) is 0 Å². The highest BCUT2D eigenvalue weighted by atomic mass is 15.6. The third-order valence-electron chi connectivity index (χ3n) is 3.24. The van der Waals surface area contributed by atoms with Crippen LogP contribution < -0.4 is 5.32 Å². The molecule has 0 saturated heterocycles. The minimum atomic E-state index is 0.0253. The number of hydrogen-bond donors (Lipinski definition) is 1. The summed E-state index contributed by atoms with van der Waals surface area (Å²) in [5.74, 6) is 0.917. The molecule has 1 N–H and O–H groups in total. The lowest BCUT2D eigenvalue weighted by atomic mass is 9.96. The Morgan fingerprint density at radius 3 is 2.44 bits per heavy atom. The molecule has 0 aliphatic heterocycles. The second kappa shape index (κ2) is 5.39. The molecule has 0 atom stereocenters. The standard InChI is InChI=1S/C11H23N5/c1-6-11(5,7-2)16-10(13-14-15-16)8-12-9(3)4/h9,12H,6-8H2,1-5H3. The van der Waals surface area contributed by atoms with Crippen molar-refractivity contribution in [2.45, 2.75) is 65.6 Å². The topological polar surface area (TPSA) is 55.6 Å². The van der Waals surface area contributed by atoms with Crippen molar-refractivity contribution in [1.82, 2.24) is 25.5 Å². The summed E-state index contributed by atoms with van der Waals surface area (Å²) in [6.45, 7) is 11.5. The van der Waals surface area contributed by atoms with Gasteiger partial charge in [-0.05, 0) is 30.2 Å². The fourth-order valence-corrected chi connectivity index (χ4v) is 1.58. The fourth-order valence-electron chi connectivity index (χ4n) is 1.58. The van der Waals surface area contributed by atoms with E-state index in [1.165, 1.54) is 0 Å². The van der Waals surface area contributed by atoms with Gasteiger partial charge in [-0.3, -0.25) is 0 Å². The van der Waals surface area contributed by atoms with Crippen molar-refractivity contribution in [1.29, 1.82) is 0 Å². The molecule has 0 amide bonds. The second-order valence-electron chi connectivity index (χ2n) is 4.75. The van der Waals surface area contributed by atoms with Crippen molar-refractivity contribution < 1.29 is 0 Å². The summed E-state index contributed by atoms with van der Waals surface area (Å²) in [5.41, 5.74) is 0.0253. The van der Waals surface area contributed by atoms with E-state index in [0.717, 1.165) is 25.2 Å². The van der Waals surface area contributed by atoms with Crippen LogP contribution in [0.5, 0.6) is 0 Å². The van der Waals surface area contributed by atoms with Crippen molar-refractivity contribution in [3.8, 4) is 0 Å². The quantitative estimate of drug-likeness (QED) is 0.800. The maximum Gasteiger partial charge on any atom is 0.165 e. The van der Waals surface area contributed by atoms with Crippen LogP contribution in [0.25, 0.3) is 0 Å². The molecule has 0 bridgehead atoms. The van der Waals surface area contributed by atoms with Gasteiger partial charge in [0.25, 0.3) is 0 Å². The monoisotopic (exact) mass is 225 g/mol. The van der Waals surface area contributed by atoms with Crippen LogP contribution in [0.3, 0.4) is 0 Å². The molecule has 0 unspecified atom stereocenters. The first-order chi connectivity index (χ1) is 7.53. The Labute approximate surface area is 97.6 Å². The molecule has 0 saturated carbocycles. The van der Waals surface area contributed by atoms with E-state index in [-0.39, 0.29) is 5.54 Å². The van der Waals surface area contributed by atoms with Crippen LogP contribution in [-0.2, 0) is 12.1 Å². The SMILES string of the molecule is CCC(C)(CC)n1nnnc1CNC(C)C. The summed E-state index contributed by atoms with van der Waals surface area (Å²) in [6.07, 6.45) is 2.06. The molecule has 5 nitrogen and oxygen atoms in total. The fraction of sp³-hybridized carbons (Fsp3) is 0.909. The maximum atomic E-state index is 4.12. The van der Waals surface area contributed by atoms with Crippen LogP contribution in [0, 0.1) is 0 Å². The molecular formula is C11H23N5. The van der Waals surface area contributed by atoms with Crippen LogP contribution in [0.2, 0.25) is 0 Å². The van der Waals surface area contributed by atoms with Crippen molar-refractivity contribution in [3.63, 3.8) is 0 Å². The molecule has 5 heteroatoms. The number of hydrogen-bond acceptors (Lipinski definition) is 4. The average molecular weight is 225 g/mol. The van der Waals surface area contributed by atoms with Gasteiger partial charge in [-0.2, -0.15) is 0 Å². The number of tetrazole rings is 1. The highest BCUT2D eigenvalue weighted by molar-refractivity contribution is 4.89. The Morgan fingerprint density at radius 2 is 1.94 bits per heavy atom. The highest BCUT2D eigenvalue weighted by Crippen LogP contribution is 2.23. The molecular weight excluding hydrogens is 202 g/mol. The Bertz CT molecular complexity index is 314. The van der Waals surface area contributed by atoms with Gasteiger partial charge in [-0.1, -0.05) is 27.7 Å². The third kappa shape index (κ3) is 2.78. The van der Waals surface area contributed by atoms with Gasteiger partial charge >= 0.3 is 0 Å². The molecule has 0 aromatic carbocycles. The largest absolute Gasteiger partial charge is 0.308 e. The lowest BCUT2D eigenvalue weighted by Crippen LogP contribution is -2.34. The first-order valence-corrected chi connectivity index (χ1v) is 6.04. The van der Waals surface area contributed by atoms with Gasteiger partial charge in [0.2, 0.25) is 0 Å². The first-order valence-electron chi connectivity index (χ1n) is 6.04. The summed E-state index contributed by atoms with van der Waals surface area (Å²) >= 11 is 0. The van der Waals surface area contributed by atoms with Crippen LogP contribution in [0.15, 0.2) is 0 Å². The van der Waals surface area contributed by atoms with Gasteiger partial charge in [0.1, 0.15) is 0 Å². The van der Waals surface area contributed by atoms with Crippen LogP contribution in [0.1, 0.15) is 53.3 Å². The summed E-state index contributed by atoms with van der Waals surface area (Å²) in [6, 6.07) is 0.444. The molecule has 1 aromatic heterocycles. The van der Waals surface area contributed by atoms with E-state index >= 15 is 0 Å². The molecule has 0 fully saturated rings. The van der Waals surface area contributed by atoms with Crippen LogP contribution in [0.4, 0.5) is 0 Å². The normalized spacial score (nSPS) is 12.4. The zero-order chi connectivity index (χ0) is 12.2. The van der Waals surface area contributed by atoms with Gasteiger partial charge in [0.05, 0.1) is 12.1 Å². The lowest BCUT2D eigenvalue weighted by Gasteiger charge is -2.27. The Balaban J connectivity index is 2.84. The van der Waals surface area contributed by atoms with E-state index in [1.807, 2.05) is 4.68 Å².